The van der Waals surface area contributed by atoms with Crippen LogP contribution in [0.2, 0.25) is 5.15 Å². The van der Waals surface area contributed by atoms with E-state index in [0.717, 1.165) is 4.57 Å². The average Bonchev–Trinajstić information content (AvgIpc) is 2.41. The summed E-state index contributed by atoms with van der Waals surface area (Å²) in [6, 6.07) is 10.2. The molecule has 0 fully saturated rings. The van der Waals surface area contributed by atoms with Crippen molar-refractivity contribution in [2.75, 3.05) is 0 Å². The van der Waals surface area contributed by atoms with Crippen molar-refractivity contribution in [3.8, 4) is 6.07 Å². The Balaban J connectivity index is 0.00000200. The fraction of sp³-hybridized carbons (Fsp3) is 0.214. The zero-order chi connectivity index (χ0) is 14.0. The number of hydrogen-bond donors (Lipinski definition) is 0. The normalized spacial score (nSPS) is 9.65. The molecule has 0 N–H and O–H groups in total. The summed E-state index contributed by atoms with van der Waals surface area (Å²) in [6.45, 7) is 0.148. The highest BCUT2D eigenvalue weighted by Crippen LogP contribution is 2.11. The van der Waals surface area contributed by atoms with E-state index in [1.165, 1.54) is 17.7 Å². The van der Waals surface area contributed by atoms with Gasteiger partial charge in [0, 0.05) is 13.1 Å². The van der Waals surface area contributed by atoms with E-state index in [0.29, 0.717) is 11.1 Å². The lowest BCUT2D eigenvalue weighted by molar-refractivity contribution is 0.646. The molecule has 0 atom stereocenters. The third-order valence-electron chi connectivity index (χ3n) is 2.82. The molecule has 0 amide bonds. The summed E-state index contributed by atoms with van der Waals surface area (Å²) in [6.07, 6.45) is 0. The average molecular weight is 292 g/mol. The molecule has 0 saturated heterocycles. The maximum Gasteiger partial charge on any atom is 0.332 e. The van der Waals surface area contributed by atoms with Crippen molar-refractivity contribution in [2.24, 2.45) is 7.05 Å². The summed E-state index contributed by atoms with van der Waals surface area (Å²) in [5.74, 6) is 0. The first kappa shape index (κ1) is 15.7. The van der Waals surface area contributed by atoms with Crippen molar-refractivity contribution in [1.29, 1.82) is 5.26 Å². The zero-order valence-corrected chi connectivity index (χ0v) is 10.9. The van der Waals surface area contributed by atoms with E-state index >= 15 is 0 Å². The molecule has 2 rings (SSSR count). The van der Waals surface area contributed by atoms with Crippen molar-refractivity contribution in [3.63, 3.8) is 0 Å². The van der Waals surface area contributed by atoms with E-state index in [9.17, 15) is 9.59 Å². The first-order chi connectivity index (χ1) is 9.04. The lowest BCUT2D eigenvalue weighted by Crippen LogP contribution is -2.38. The van der Waals surface area contributed by atoms with Crippen LogP contribution in [0, 0.1) is 11.3 Å². The number of nitriles is 1. The lowest BCUT2D eigenvalue weighted by atomic mass is 10.1. The second kappa shape index (κ2) is 6.22. The van der Waals surface area contributed by atoms with E-state index in [1.54, 1.807) is 24.3 Å². The standard InChI is InChI=1S/C13H10ClN3O2.CH4/c1-16-12(18)6-11(14)17(13(16)19)8-10-5-3-2-4-9(10)7-15;/h2-6H,8H2,1H3;1H4. The predicted molar refractivity (Wildman–Crippen MR) is 77.9 cm³/mol. The van der Waals surface area contributed by atoms with Gasteiger partial charge in [0.25, 0.3) is 5.56 Å². The summed E-state index contributed by atoms with van der Waals surface area (Å²) in [5.41, 5.74) is 0.178. The minimum Gasteiger partial charge on any atom is -0.279 e. The van der Waals surface area contributed by atoms with Gasteiger partial charge in [0.15, 0.2) is 0 Å². The molecule has 5 nitrogen and oxygen atoms in total. The number of halogens is 1. The number of nitrogens with zero attached hydrogens (tertiary/aromatic N) is 3. The quantitative estimate of drug-likeness (QED) is 0.792. The molecular weight excluding hydrogens is 278 g/mol. The van der Waals surface area contributed by atoms with E-state index < -0.39 is 11.2 Å². The van der Waals surface area contributed by atoms with Crippen LogP contribution in [0.5, 0.6) is 0 Å². The maximum atomic E-state index is 12.0. The van der Waals surface area contributed by atoms with Crippen LogP contribution in [0.25, 0.3) is 0 Å². The number of rotatable bonds is 2. The summed E-state index contributed by atoms with van der Waals surface area (Å²) < 4.78 is 2.22. The third-order valence-corrected chi connectivity index (χ3v) is 3.13. The second-order valence-electron chi connectivity index (χ2n) is 4.00. The van der Waals surface area contributed by atoms with Gasteiger partial charge in [-0.25, -0.2) is 4.79 Å². The van der Waals surface area contributed by atoms with Crippen LogP contribution in [0.4, 0.5) is 0 Å². The van der Waals surface area contributed by atoms with Crippen LogP contribution in [-0.2, 0) is 13.6 Å². The molecule has 1 heterocycles. The minimum absolute atomic E-state index is 0. The van der Waals surface area contributed by atoms with Crippen molar-refractivity contribution < 1.29 is 0 Å². The van der Waals surface area contributed by atoms with Crippen LogP contribution in [0.3, 0.4) is 0 Å². The molecule has 0 aliphatic carbocycles. The number of hydrogen-bond acceptors (Lipinski definition) is 3. The van der Waals surface area contributed by atoms with Crippen molar-refractivity contribution in [1.82, 2.24) is 9.13 Å². The van der Waals surface area contributed by atoms with Gasteiger partial charge in [0.2, 0.25) is 0 Å². The van der Waals surface area contributed by atoms with Crippen molar-refractivity contribution in [3.05, 3.63) is 67.4 Å². The van der Waals surface area contributed by atoms with Gasteiger partial charge in [-0.1, -0.05) is 37.2 Å². The third kappa shape index (κ3) is 2.81. The Bertz CT molecular complexity index is 784. The molecule has 20 heavy (non-hydrogen) atoms. The molecule has 104 valence electrons. The molecule has 1 aromatic heterocycles. The Morgan fingerprint density at radius 3 is 2.60 bits per heavy atom. The van der Waals surface area contributed by atoms with Crippen molar-refractivity contribution >= 4 is 11.6 Å². The molecule has 0 radical (unpaired) electrons. The zero-order valence-electron chi connectivity index (χ0n) is 10.1. The molecule has 0 spiro atoms. The van der Waals surface area contributed by atoms with E-state index in [-0.39, 0.29) is 19.1 Å². The smallest absolute Gasteiger partial charge is 0.279 e. The topological polar surface area (TPSA) is 67.8 Å². The number of aromatic nitrogens is 2. The van der Waals surface area contributed by atoms with Gasteiger partial charge in [-0.05, 0) is 11.6 Å². The Morgan fingerprint density at radius 2 is 1.95 bits per heavy atom. The van der Waals surface area contributed by atoms with Gasteiger partial charge >= 0.3 is 5.69 Å². The molecule has 2 aromatic rings. The largest absolute Gasteiger partial charge is 0.332 e. The minimum atomic E-state index is -0.509. The molecule has 0 bridgehead atoms. The van der Waals surface area contributed by atoms with Gasteiger partial charge in [-0.2, -0.15) is 5.26 Å². The van der Waals surface area contributed by atoms with Crippen LogP contribution in [0.15, 0.2) is 39.9 Å². The van der Waals surface area contributed by atoms with E-state index in [1.807, 2.05) is 0 Å². The van der Waals surface area contributed by atoms with Gasteiger partial charge in [-0.3, -0.25) is 13.9 Å². The molecule has 0 aliphatic heterocycles. The lowest BCUT2D eigenvalue weighted by Gasteiger charge is -2.10. The summed E-state index contributed by atoms with van der Waals surface area (Å²) in [5, 5.41) is 9.06. The first-order valence-corrected chi connectivity index (χ1v) is 5.86. The van der Waals surface area contributed by atoms with Gasteiger partial charge in [0.1, 0.15) is 5.15 Å². The van der Waals surface area contributed by atoms with Crippen LogP contribution in [0.1, 0.15) is 18.6 Å². The Labute approximate surface area is 121 Å². The van der Waals surface area contributed by atoms with E-state index in [4.69, 9.17) is 16.9 Å². The molecule has 0 aliphatic rings. The summed E-state index contributed by atoms with van der Waals surface area (Å²) >= 11 is 5.92. The Kier molecular flexibility index (Phi) is 4.89. The summed E-state index contributed by atoms with van der Waals surface area (Å²) in [4.78, 5) is 23.4. The maximum absolute atomic E-state index is 12.0. The van der Waals surface area contributed by atoms with Gasteiger partial charge in [0.05, 0.1) is 18.2 Å². The fourth-order valence-corrected chi connectivity index (χ4v) is 1.95. The van der Waals surface area contributed by atoms with Gasteiger partial charge < -0.3 is 0 Å². The van der Waals surface area contributed by atoms with Crippen molar-refractivity contribution in [2.45, 2.75) is 14.0 Å². The molecule has 1 aromatic carbocycles. The van der Waals surface area contributed by atoms with Gasteiger partial charge in [-0.15, -0.1) is 0 Å². The highest BCUT2D eigenvalue weighted by Gasteiger charge is 2.09. The van der Waals surface area contributed by atoms with Crippen LogP contribution < -0.4 is 11.2 Å². The monoisotopic (exact) mass is 291 g/mol. The molecular formula is C14H14ClN3O2. The highest BCUT2D eigenvalue weighted by molar-refractivity contribution is 6.29. The predicted octanol–water partition coefficient (Wildman–Crippen LogP) is 1.76. The fourth-order valence-electron chi connectivity index (χ4n) is 1.72. The molecule has 0 saturated carbocycles. The highest BCUT2D eigenvalue weighted by atomic mass is 35.5. The Morgan fingerprint density at radius 1 is 1.30 bits per heavy atom. The number of benzene rings is 1. The SMILES string of the molecule is C.Cn1c(=O)cc(Cl)n(Cc2ccccc2C#N)c1=O. The van der Waals surface area contributed by atoms with Crippen LogP contribution >= 0.6 is 11.6 Å². The van der Waals surface area contributed by atoms with E-state index in [2.05, 4.69) is 6.07 Å². The molecule has 0 unspecified atom stereocenters. The first-order valence-electron chi connectivity index (χ1n) is 5.49. The van der Waals surface area contributed by atoms with Crippen LogP contribution in [-0.4, -0.2) is 9.13 Å². The second-order valence-corrected chi connectivity index (χ2v) is 4.39. The summed E-state index contributed by atoms with van der Waals surface area (Å²) in [7, 11) is 1.38. The Hall–Kier alpha value is -2.32. The molecule has 6 heteroatoms.